The lowest BCUT2D eigenvalue weighted by atomic mass is 10.2. The zero-order chi connectivity index (χ0) is 14.4. The SMILES string of the molecule is CC(C)COc1ccc(NCc2ccccc2Cl)cc1. The Morgan fingerprint density at radius 3 is 2.40 bits per heavy atom. The zero-order valence-corrected chi connectivity index (χ0v) is 12.7. The maximum atomic E-state index is 6.13. The summed E-state index contributed by atoms with van der Waals surface area (Å²) in [6.07, 6.45) is 0. The Morgan fingerprint density at radius 2 is 1.75 bits per heavy atom. The molecule has 2 aromatic carbocycles. The van der Waals surface area contributed by atoms with Crippen molar-refractivity contribution in [2.75, 3.05) is 11.9 Å². The van der Waals surface area contributed by atoms with E-state index in [1.807, 2.05) is 48.5 Å². The molecule has 0 saturated carbocycles. The van der Waals surface area contributed by atoms with Crippen molar-refractivity contribution >= 4 is 17.3 Å². The number of hydrogen-bond donors (Lipinski definition) is 1. The first-order valence-electron chi connectivity index (χ1n) is 6.85. The van der Waals surface area contributed by atoms with Crippen LogP contribution in [0.3, 0.4) is 0 Å². The fraction of sp³-hybridized carbons (Fsp3) is 0.294. The van der Waals surface area contributed by atoms with Crippen molar-refractivity contribution < 1.29 is 4.74 Å². The van der Waals surface area contributed by atoms with E-state index in [1.54, 1.807) is 0 Å². The molecule has 106 valence electrons. The van der Waals surface area contributed by atoms with E-state index >= 15 is 0 Å². The van der Waals surface area contributed by atoms with Gasteiger partial charge in [-0.25, -0.2) is 0 Å². The van der Waals surface area contributed by atoms with E-state index in [0.29, 0.717) is 12.5 Å². The zero-order valence-electron chi connectivity index (χ0n) is 11.9. The van der Waals surface area contributed by atoms with Gasteiger partial charge < -0.3 is 10.1 Å². The van der Waals surface area contributed by atoms with E-state index < -0.39 is 0 Å². The fourth-order valence-electron chi connectivity index (χ4n) is 1.77. The standard InChI is InChI=1S/C17H20ClNO/c1-13(2)12-20-16-9-7-15(8-10-16)19-11-14-5-3-4-6-17(14)18/h3-10,13,19H,11-12H2,1-2H3. The molecule has 0 spiro atoms. The molecule has 0 unspecified atom stereocenters. The minimum Gasteiger partial charge on any atom is -0.493 e. The minimum absolute atomic E-state index is 0.535. The summed E-state index contributed by atoms with van der Waals surface area (Å²) in [5.41, 5.74) is 2.15. The van der Waals surface area contributed by atoms with E-state index in [0.717, 1.165) is 28.6 Å². The van der Waals surface area contributed by atoms with Crippen molar-refractivity contribution in [1.29, 1.82) is 0 Å². The van der Waals surface area contributed by atoms with Gasteiger partial charge in [0.05, 0.1) is 6.61 Å². The van der Waals surface area contributed by atoms with Crippen LogP contribution in [0, 0.1) is 5.92 Å². The van der Waals surface area contributed by atoms with Crippen LogP contribution in [0.4, 0.5) is 5.69 Å². The lowest BCUT2D eigenvalue weighted by molar-refractivity contribution is 0.271. The molecule has 0 radical (unpaired) electrons. The van der Waals surface area contributed by atoms with Gasteiger partial charge in [0, 0.05) is 17.3 Å². The van der Waals surface area contributed by atoms with Gasteiger partial charge >= 0.3 is 0 Å². The van der Waals surface area contributed by atoms with Crippen molar-refractivity contribution in [2.45, 2.75) is 20.4 Å². The summed E-state index contributed by atoms with van der Waals surface area (Å²) in [4.78, 5) is 0. The van der Waals surface area contributed by atoms with Crippen molar-refractivity contribution in [2.24, 2.45) is 5.92 Å². The van der Waals surface area contributed by atoms with Gasteiger partial charge in [-0.15, -0.1) is 0 Å². The monoisotopic (exact) mass is 289 g/mol. The molecule has 0 saturated heterocycles. The van der Waals surface area contributed by atoms with Crippen molar-refractivity contribution in [3.63, 3.8) is 0 Å². The van der Waals surface area contributed by atoms with Gasteiger partial charge in [-0.05, 0) is 41.8 Å². The molecule has 0 heterocycles. The number of anilines is 1. The van der Waals surface area contributed by atoms with Crippen molar-refractivity contribution in [3.05, 3.63) is 59.1 Å². The molecule has 0 atom stereocenters. The van der Waals surface area contributed by atoms with Gasteiger partial charge in [0.1, 0.15) is 5.75 Å². The minimum atomic E-state index is 0.535. The van der Waals surface area contributed by atoms with Gasteiger partial charge in [-0.3, -0.25) is 0 Å². The molecule has 1 N–H and O–H groups in total. The summed E-state index contributed by atoms with van der Waals surface area (Å²) < 4.78 is 5.66. The quantitative estimate of drug-likeness (QED) is 0.809. The summed E-state index contributed by atoms with van der Waals surface area (Å²) >= 11 is 6.13. The van der Waals surface area contributed by atoms with E-state index in [-0.39, 0.29) is 0 Å². The average molecular weight is 290 g/mol. The van der Waals surface area contributed by atoms with Crippen molar-refractivity contribution in [3.8, 4) is 5.75 Å². The van der Waals surface area contributed by atoms with E-state index in [2.05, 4.69) is 19.2 Å². The van der Waals surface area contributed by atoms with Crippen LogP contribution < -0.4 is 10.1 Å². The Hall–Kier alpha value is -1.67. The highest BCUT2D eigenvalue weighted by Gasteiger charge is 2.00. The summed E-state index contributed by atoms with van der Waals surface area (Å²) in [5, 5.41) is 4.14. The second kappa shape index (κ2) is 7.20. The number of nitrogens with one attached hydrogen (secondary N) is 1. The Balaban J connectivity index is 1.89. The molecule has 2 aromatic rings. The molecule has 20 heavy (non-hydrogen) atoms. The predicted octanol–water partition coefficient (Wildman–Crippen LogP) is 4.99. The molecule has 0 fully saturated rings. The van der Waals surface area contributed by atoms with Crippen LogP contribution in [0.5, 0.6) is 5.75 Å². The molecule has 3 heteroatoms. The van der Waals surface area contributed by atoms with Crippen LogP contribution in [0.15, 0.2) is 48.5 Å². The molecule has 2 nitrogen and oxygen atoms in total. The van der Waals surface area contributed by atoms with Crippen LogP contribution in [-0.4, -0.2) is 6.61 Å². The first-order chi connectivity index (χ1) is 9.65. The second-order valence-electron chi connectivity index (χ2n) is 5.17. The Kier molecular flexibility index (Phi) is 5.31. The van der Waals surface area contributed by atoms with Crippen LogP contribution in [0.25, 0.3) is 0 Å². The van der Waals surface area contributed by atoms with Crippen LogP contribution >= 0.6 is 11.6 Å². The number of halogens is 1. The van der Waals surface area contributed by atoms with Crippen LogP contribution in [0.1, 0.15) is 19.4 Å². The highest BCUT2D eigenvalue weighted by Crippen LogP contribution is 2.19. The largest absolute Gasteiger partial charge is 0.493 e. The third-order valence-electron chi connectivity index (χ3n) is 2.88. The summed E-state index contributed by atoms with van der Waals surface area (Å²) in [6, 6.07) is 15.9. The van der Waals surface area contributed by atoms with Gasteiger partial charge in [0.15, 0.2) is 0 Å². The van der Waals surface area contributed by atoms with Crippen LogP contribution in [-0.2, 0) is 6.54 Å². The molecular formula is C17H20ClNO. The highest BCUT2D eigenvalue weighted by molar-refractivity contribution is 6.31. The summed E-state index contributed by atoms with van der Waals surface area (Å²) in [6.45, 7) is 5.73. The number of rotatable bonds is 6. The predicted molar refractivity (Wildman–Crippen MR) is 85.6 cm³/mol. The average Bonchev–Trinajstić information content (AvgIpc) is 2.45. The summed E-state index contributed by atoms with van der Waals surface area (Å²) in [7, 11) is 0. The Morgan fingerprint density at radius 1 is 1.05 bits per heavy atom. The Bertz CT molecular complexity index is 537. The maximum Gasteiger partial charge on any atom is 0.119 e. The van der Waals surface area contributed by atoms with E-state index in [1.165, 1.54) is 0 Å². The number of benzene rings is 2. The molecule has 0 aliphatic rings. The highest BCUT2D eigenvalue weighted by atomic mass is 35.5. The lowest BCUT2D eigenvalue weighted by Gasteiger charge is -2.11. The lowest BCUT2D eigenvalue weighted by Crippen LogP contribution is -2.04. The first-order valence-corrected chi connectivity index (χ1v) is 7.23. The topological polar surface area (TPSA) is 21.3 Å². The molecule has 0 amide bonds. The third-order valence-corrected chi connectivity index (χ3v) is 3.25. The Labute approximate surface area is 125 Å². The van der Waals surface area contributed by atoms with Gasteiger partial charge in [-0.1, -0.05) is 43.6 Å². The normalized spacial score (nSPS) is 10.6. The third kappa shape index (κ3) is 4.46. The van der Waals surface area contributed by atoms with Crippen LogP contribution in [0.2, 0.25) is 5.02 Å². The number of ether oxygens (including phenoxy) is 1. The summed E-state index contributed by atoms with van der Waals surface area (Å²) in [5.74, 6) is 1.44. The van der Waals surface area contributed by atoms with Gasteiger partial charge in [0.2, 0.25) is 0 Å². The van der Waals surface area contributed by atoms with E-state index in [4.69, 9.17) is 16.3 Å². The molecule has 0 bridgehead atoms. The molecule has 0 aliphatic heterocycles. The smallest absolute Gasteiger partial charge is 0.119 e. The number of hydrogen-bond acceptors (Lipinski definition) is 2. The molecule has 0 aromatic heterocycles. The molecular weight excluding hydrogens is 270 g/mol. The first kappa shape index (κ1) is 14.7. The second-order valence-corrected chi connectivity index (χ2v) is 5.58. The van der Waals surface area contributed by atoms with Crippen molar-refractivity contribution in [1.82, 2.24) is 0 Å². The van der Waals surface area contributed by atoms with E-state index in [9.17, 15) is 0 Å². The maximum absolute atomic E-state index is 6.13. The van der Waals surface area contributed by atoms with Gasteiger partial charge in [0.25, 0.3) is 0 Å². The van der Waals surface area contributed by atoms with Gasteiger partial charge in [-0.2, -0.15) is 0 Å². The molecule has 2 rings (SSSR count). The fourth-order valence-corrected chi connectivity index (χ4v) is 1.97. The molecule has 0 aliphatic carbocycles.